The number of alkyl halides is 1. The summed E-state index contributed by atoms with van der Waals surface area (Å²) >= 11 is 3.27. The summed E-state index contributed by atoms with van der Waals surface area (Å²) < 4.78 is 9.69. The van der Waals surface area contributed by atoms with E-state index in [-0.39, 0.29) is 5.69 Å². The van der Waals surface area contributed by atoms with E-state index in [0.717, 1.165) is 0 Å². The van der Waals surface area contributed by atoms with Gasteiger partial charge in [-0.15, -0.1) is 0 Å². The highest BCUT2D eigenvalue weighted by atomic mass is 79.9. The Morgan fingerprint density at radius 3 is 2.79 bits per heavy atom. The number of carbonyl (C=O) groups is 1. The third-order valence-electron chi connectivity index (χ3n) is 1.75. The van der Waals surface area contributed by atoms with E-state index in [2.05, 4.69) is 25.7 Å². The van der Waals surface area contributed by atoms with Gasteiger partial charge in [-0.05, 0) is 6.07 Å². The maximum atomic E-state index is 11.3. The van der Waals surface area contributed by atoms with E-state index in [1.54, 1.807) is 13.2 Å². The van der Waals surface area contributed by atoms with Gasteiger partial charge in [0.2, 0.25) is 0 Å². The second-order valence-corrected chi connectivity index (χ2v) is 3.03. The van der Waals surface area contributed by atoms with E-state index in [0.29, 0.717) is 16.6 Å². The molecule has 1 aromatic heterocycles. The van der Waals surface area contributed by atoms with Crippen molar-refractivity contribution in [2.45, 2.75) is 5.33 Å². The first-order valence-corrected chi connectivity index (χ1v) is 5.02. The zero-order valence-electron chi connectivity index (χ0n) is 7.91. The predicted octanol–water partition coefficient (Wildman–Crippen LogP) is 1.77. The van der Waals surface area contributed by atoms with E-state index in [1.807, 2.05) is 0 Å². The number of ether oxygens (including phenoxy) is 2. The quantitative estimate of drug-likeness (QED) is 0.613. The van der Waals surface area contributed by atoms with Gasteiger partial charge < -0.3 is 9.47 Å². The van der Waals surface area contributed by atoms with Crippen molar-refractivity contribution in [2.24, 2.45) is 0 Å². The van der Waals surface area contributed by atoms with Gasteiger partial charge in [0.15, 0.2) is 5.69 Å². The van der Waals surface area contributed by atoms with Crippen LogP contribution in [0, 0.1) is 0 Å². The Morgan fingerprint density at radius 2 is 2.29 bits per heavy atom. The number of carbonyl (C=O) groups excluding carboxylic acids is 1. The summed E-state index contributed by atoms with van der Waals surface area (Å²) in [6, 6.07) is 1.70. The van der Waals surface area contributed by atoms with Crippen LogP contribution in [0.25, 0.3) is 0 Å². The highest BCUT2D eigenvalue weighted by Crippen LogP contribution is 2.23. The number of pyridine rings is 1. The summed E-state index contributed by atoms with van der Waals surface area (Å²) in [5.74, 6) is 0.163. The zero-order chi connectivity index (χ0) is 10.6. The van der Waals surface area contributed by atoms with Crippen molar-refractivity contribution in [3.8, 4) is 5.75 Å². The van der Waals surface area contributed by atoms with Crippen molar-refractivity contribution in [1.29, 1.82) is 0 Å². The van der Waals surface area contributed by atoms with Gasteiger partial charge in [-0.25, -0.2) is 9.78 Å². The minimum absolute atomic E-state index is 0.281. The van der Waals surface area contributed by atoms with Crippen LogP contribution in [0.15, 0.2) is 12.3 Å². The lowest BCUT2D eigenvalue weighted by Gasteiger charge is -2.08. The molecular weight excluding hydrogens is 250 g/mol. The average molecular weight is 260 g/mol. The van der Waals surface area contributed by atoms with Crippen LogP contribution in [-0.2, 0) is 10.1 Å². The van der Waals surface area contributed by atoms with Crippen LogP contribution >= 0.6 is 15.9 Å². The summed E-state index contributed by atoms with van der Waals surface area (Å²) in [6.45, 7) is 0. The molecule has 0 radical (unpaired) electrons. The van der Waals surface area contributed by atoms with E-state index >= 15 is 0 Å². The standard InChI is InChI=1S/C9H10BrNO3/c1-13-7-3-4-11-8(6(7)5-10)9(12)14-2/h3-4H,5H2,1-2H3. The van der Waals surface area contributed by atoms with E-state index in [4.69, 9.17) is 4.74 Å². The highest BCUT2D eigenvalue weighted by Gasteiger charge is 2.16. The van der Waals surface area contributed by atoms with Crippen LogP contribution < -0.4 is 4.74 Å². The van der Waals surface area contributed by atoms with Gasteiger partial charge in [0.05, 0.1) is 14.2 Å². The summed E-state index contributed by atoms with van der Waals surface area (Å²) in [6.07, 6.45) is 1.51. The molecule has 0 aromatic carbocycles. The maximum absolute atomic E-state index is 11.3. The Morgan fingerprint density at radius 1 is 1.57 bits per heavy atom. The van der Waals surface area contributed by atoms with Crippen molar-refractivity contribution in [3.63, 3.8) is 0 Å². The first-order chi connectivity index (χ1) is 6.74. The Kier molecular flexibility index (Phi) is 3.88. The molecule has 1 aromatic rings. The summed E-state index contributed by atoms with van der Waals surface area (Å²) in [5, 5.41) is 0.494. The average Bonchev–Trinajstić information content (AvgIpc) is 2.26. The lowest BCUT2D eigenvalue weighted by atomic mass is 10.2. The number of halogens is 1. The van der Waals surface area contributed by atoms with E-state index in [1.165, 1.54) is 13.3 Å². The number of nitrogens with zero attached hydrogens (tertiary/aromatic N) is 1. The van der Waals surface area contributed by atoms with Crippen molar-refractivity contribution < 1.29 is 14.3 Å². The van der Waals surface area contributed by atoms with Crippen molar-refractivity contribution in [2.75, 3.05) is 14.2 Å². The van der Waals surface area contributed by atoms with Gasteiger partial charge in [0.1, 0.15) is 5.75 Å². The molecule has 0 unspecified atom stereocenters. The van der Waals surface area contributed by atoms with Crippen LogP contribution in [-0.4, -0.2) is 25.2 Å². The van der Waals surface area contributed by atoms with Gasteiger partial charge in [0.25, 0.3) is 0 Å². The molecule has 5 heteroatoms. The fourth-order valence-corrected chi connectivity index (χ4v) is 1.61. The molecular formula is C9H10BrNO3. The van der Waals surface area contributed by atoms with Gasteiger partial charge in [-0.1, -0.05) is 15.9 Å². The molecule has 1 rings (SSSR count). The second-order valence-electron chi connectivity index (χ2n) is 2.47. The number of rotatable bonds is 3. The molecule has 0 bridgehead atoms. The third kappa shape index (κ3) is 2.04. The van der Waals surface area contributed by atoms with Crippen LogP contribution in [0.4, 0.5) is 0 Å². The van der Waals surface area contributed by atoms with Crippen LogP contribution in [0.3, 0.4) is 0 Å². The fourth-order valence-electron chi connectivity index (χ4n) is 1.07. The molecule has 0 spiro atoms. The molecule has 14 heavy (non-hydrogen) atoms. The monoisotopic (exact) mass is 259 g/mol. The molecule has 0 amide bonds. The molecule has 0 aliphatic carbocycles. The normalized spacial score (nSPS) is 9.64. The second kappa shape index (κ2) is 4.95. The lowest BCUT2D eigenvalue weighted by molar-refractivity contribution is 0.0592. The van der Waals surface area contributed by atoms with Crippen LogP contribution in [0.5, 0.6) is 5.75 Å². The Labute approximate surface area is 90.4 Å². The van der Waals surface area contributed by atoms with Crippen molar-refractivity contribution in [1.82, 2.24) is 4.98 Å². The molecule has 0 saturated heterocycles. The summed E-state index contributed by atoms with van der Waals surface area (Å²) in [7, 11) is 2.87. The first kappa shape index (κ1) is 11.0. The Hall–Kier alpha value is -1.10. The smallest absolute Gasteiger partial charge is 0.357 e. The molecule has 4 nitrogen and oxygen atoms in total. The minimum atomic E-state index is -0.460. The number of methoxy groups -OCH3 is 2. The van der Waals surface area contributed by atoms with Gasteiger partial charge in [0, 0.05) is 17.1 Å². The number of esters is 1. The molecule has 0 N–H and O–H groups in total. The third-order valence-corrected chi connectivity index (χ3v) is 2.31. The minimum Gasteiger partial charge on any atom is -0.496 e. The molecule has 0 fully saturated rings. The summed E-state index contributed by atoms with van der Waals surface area (Å²) in [5.41, 5.74) is 0.977. The van der Waals surface area contributed by atoms with Crippen molar-refractivity contribution >= 4 is 21.9 Å². The molecule has 0 aliphatic heterocycles. The molecule has 0 atom stereocenters. The van der Waals surface area contributed by atoms with E-state index in [9.17, 15) is 4.79 Å². The Balaban J connectivity index is 3.21. The van der Waals surface area contributed by atoms with Crippen LogP contribution in [0.2, 0.25) is 0 Å². The number of aromatic nitrogens is 1. The predicted molar refractivity (Wildman–Crippen MR) is 54.8 cm³/mol. The number of hydrogen-bond acceptors (Lipinski definition) is 4. The molecule has 0 saturated carbocycles. The SMILES string of the molecule is COC(=O)c1nccc(OC)c1CBr. The van der Waals surface area contributed by atoms with Crippen LogP contribution in [0.1, 0.15) is 16.1 Å². The largest absolute Gasteiger partial charge is 0.496 e. The maximum Gasteiger partial charge on any atom is 0.357 e. The number of hydrogen-bond donors (Lipinski definition) is 0. The lowest BCUT2D eigenvalue weighted by Crippen LogP contribution is -2.08. The van der Waals surface area contributed by atoms with E-state index < -0.39 is 5.97 Å². The van der Waals surface area contributed by atoms with Gasteiger partial charge in [-0.2, -0.15) is 0 Å². The molecule has 1 heterocycles. The summed E-state index contributed by atoms with van der Waals surface area (Å²) in [4.78, 5) is 15.2. The van der Waals surface area contributed by atoms with Gasteiger partial charge >= 0.3 is 5.97 Å². The van der Waals surface area contributed by atoms with Crippen molar-refractivity contribution in [3.05, 3.63) is 23.5 Å². The fraction of sp³-hybridized carbons (Fsp3) is 0.333. The molecule has 76 valence electrons. The highest BCUT2D eigenvalue weighted by molar-refractivity contribution is 9.08. The molecule has 0 aliphatic rings. The van der Waals surface area contributed by atoms with Gasteiger partial charge in [-0.3, -0.25) is 0 Å². The topological polar surface area (TPSA) is 48.4 Å². The zero-order valence-corrected chi connectivity index (χ0v) is 9.50. The Bertz CT molecular complexity index is 341. The first-order valence-electron chi connectivity index (χ1n) is 3.90.